The van der Waals surface area contributed by atoms with Gasteiger partial charge in [-0.3, -0.25) is 0 Å². The van der Waals surface area contributed by atoms with E-state index in [9.17, 15) is 0 Å². The van der Waals surface area contributed by atoms with E-state index in [0.717, 1.165) is 23.7 Å². The maximum absolute atomic E-state index is 5.33. The van der Waals surface area contributed by atoms with E-state index in [1.807, 2.05) is 23.9 Å². The summed E-state index contributed by atoms with van der Waals surface area (Å²) in [6, 6.07) is 25.7. The molecule has 30 heavy (non-hydrogen) atoms. The molecule has 0 fully saturated rings. The smallest absolute Gasteiger partial charge is 0.118 e. The molecule has 4 rings (SSSR count). The summed E-state index contributed by atoms with van der Waals surface area (Å²) in [5, 5.41) is 3.76. The van der Waals surface area contributed by atoms with E-state index in [-0.39, 0.29) is 5.54 Å². The molecule has 0 bridgehead atoms. The Morgan fingerprint density at radius 1 is 0.867 bits per heavy atom. The zero-order valence-electron chi connectivity index (χ0n) is 17.9. The number of hydrogen-bond donors (Lipinski definition) is 1. The molecule has 1 aliphatic rings. The SMILES string of the molecule is COc1ccc(-c2cccc3c2NC(C)(C)C=C3CSCCc2ccccc2)cc1. The summed E-state index contributed by atoms with van der Waals surface area (Å²) in [4.78, 5) is 0. The van der Waals surface area contributed by atoms with Gasteiger partial charge in [-0.2, -0.15) is 11.8 Å². The first-order chi connectivity index (χ1) is 14.6. The monoisotopic (exact) mass is 415 g/mol. The highest BCUT2D eigenvalue weighted by Crippen LogP contribution is 2.41. The van der Waals surface area contributed by atoms with E-state index in [0.29, 0.717) is 0 Å². The van der Waals surface area contributed by atoms with Crippen LogP contribution in [0.25, 0.3) is 16.7 Å². The van der Waals surface area contributed by atoms with Gasteiger partial charge in [0.15, 0.2) is 0 Å². The number of anilines is 1. The van der Waals surface area contributed by atoms with Gasteiger partial charge in [-0.25, -0.2) is 0 Å². The van der Waals surface area contributed by atoms with Crippen LogP contribution in [0.1, 0.15) is 25.0 Å². The lowest BCUT2D eigenvalue weighted by atomic mass is 9.88. The topological polar surface area (TPSA) is 21.3 Å². The second-order valence-electron chi connectivity index (χ2n) is 8.26. The van der Waals surface area contributed by atoms with Crippen molar-refractivity contribution in [2.24, 2.45) is 0 Å². The molecule has 0 saturated carbocycles. The van der Waals surface area contributed by atoms with Crippen LogP contribution < -0.4 is 10.1 Å². The molecule has 0 aromatic heterocycles. The van der Waals surface area contributed by atoms with Crippen LogP contribution in [0.2, 0.25) is 0 Å². The number of aryl methyl sites for hydroxylation is 1. The first-order valence-electron chi connectivity index (χ1n) is 10.5. The molecule has 1 heterocycles. The summed E-state index contributed by atoms with van der Waals surface area (Å²) in [5.41, 5.74) is 7.74. The number of nitrogens with one attached hydrogen (secondary N) is 1. The molecule has 3 aromatic rings. The van der Waals surface area contributed by atoms with Gasteiger partial charge in [-0.05, 0) is 54.9 Å². The van der Waals surface area contributed by atoms with Gasteiger partial charge in [-0.1, -0.05) is 66.7 Å². The van der Waals surface area contributed by atoms with Gasteiger partial charge in [0.05, 0.1) is 18.3 Å². The zero-order valence-corrected chi connectivity index (χ0v) is 18.8. The molecule has 3 heteroatoms. The van der Waals surface area contributed by atoms with E-state index in [2.05, 4.69) is 85.9 Å². The normalized spacial score (nSPS) is 14.4. The Morgan fingerprint density at radius 2 is 1.60 bits per heavy atom. The number of rotatable bonds is 7. The molecule has 0 amide bonds. The number of fused-ring (bicyclic) bond motifs is 1. The van der Waals surface area contributed by atoms with Crippen molar-refractivity contribution in [3.05, 3.63) is 90.0 Å². The van der Waals surface area contributed by atoms with Crippen molar-refractivity contribution in [2.45, 2.75) is 25.8 Å². The standard InChI is InChI=1S/C27H29NOS/c1-27(2)18-22(19-30-17-16-20-8-5-4-6-9-20)25-11-7-10-24(26(25)28-27)21-12-14-23(29-3)15-13-21/h4-15,18,28H,16-17,19H2,1-3H3. The largest absolute Gasteiger partial charge is 0.497 e. The molecule has 0 radical (unpaired) electrons. The van der Waals surface area contributed by atoms with Gasteiger partial charge < -0.3 is 10.1 Å². The molecule has 0 aliphatic carbocycles. The Labute approximate surface area is 184 Å². The molecule has 1 aliphatic heterocycles. The van der Waals surface area contributed by atoms with Crippen molar-refractivity contribution in [1.82, 2.24) is 0 Å². The quantitative estimate of drug-likeness (QED) is 0.423. The maximum atomic E-state index is 5.33. The Kier molecular flexibility index (Phi) is 6.19. The summed E-state index contributed by atoms with van der Waals surface area (Å²) < 4.78 is 5.33. The van der Waals surface area contributed by atoms with Gasteiger partial charge in [0, 0.05) is 16.9 Å². The predicted octanol–water partition coefficient (Wildman–Crippen LogP) is 6.93. The van der Waals surface area contributed by atoms with Crippen LogP contribution in [0, 0.1) is 0 Å². The third-order valence-corrected chi connectivity index (χ3v) is 6.44. The number of benzene rings is 3. The number of hydrogen-bond acceptors (Lipinski definition) is 3. The summed E-state index contributed by atoms with van der Waals surface area (Å²) in [6.07, 6.45) is 3.50. The van der Waals surface area contributed by atoms with Crippen LogP contribution >= 0.6 is 11.8 Å². The Hall–Kier alpha value is -2.65. The van der Waals surface area contributed by atoms with E-state index in [1.165, 1.54) is 33.5 Å². The molecule has 1 N–H and O–H groups in total. The van der Waals surface area contributed by atoms with Gasteiger partial charge in [0.1, 0.15) is 5.75 Å². The molecule has 0 unspecified atom stereocenters. The lowest BCUT2D eigenvalue weighted by Crippen LogP contribution is -2.32. The highest BCUT2D eigenvalue weighted by atomic mass is 32.2. The number of thioether (sulfide) groups is 1. The lowest BCUT2D eigenvalue weighted by molar-refractivity contribution is 0.415. The van der Waals surface area contributed by atoms with Crippen molar-refractivity contribution in [2.75, 3.05) is 23.9 Å². The first-order valence-corrected chi connectivity index (χ1v) is 11.6. The summed E-state index contributed by atoms with van der Waals surface area (Å²) in [5.74, 6) is 3.03. The molecular formula is C27H29NOS. The van der Waals surface area contributed by atoms with Crippen LogP contribution in [-0.4, -0.2) is 24.2 Å². The van der Waals surface area contributed by atoms with Gasteiger partial charge in [0.2, 0.25) is 0 Å². The summed E-state index contributed by atoms with van der Waals surface area (Å²) >= 11 is 2.01. The Balaban J connectivity index is 1.55. The second kappa shape index (κ2) is 9.01. The van der Waals surface area contributed by atoms with Crippen molar-refractivity contribution in [3.8, 4) is 16.9 Å². The molecule has 3 aromatic carbocycles. The maximum Gasteiger partial charge on any atom is 0.118 e. The Morgan fingerprint density at radius 3 is 2.33 bits per heavy atom. The van der Waals surface area contributed by atoms with Crippen LogP contribution in [0.3, 0.4) is 0 Å². The number of methoxy groups -OCH3 is 1. The first kappa shape index (κ1) is 20.6. The number of ether oxygens (including phenoxy) is 1. The van der Waals surface area contributed by atoms with Gasteiger partial charge in [0.25, 0.3) is 0 Å². The van der Waals surface area contributed by atoms with Crippen molar-refractivity contribution >= 4 is 23.0 Å². The van der Waals surface area contributed by atoms with Crippen LogP contribution in [0.4, 0.5) is 5.69 Å². The Bertz CT molecular complexity index is 1020. The zero-order chi connectivity index (χ0) is 21.0. The fourth-order valence-corrected chi connectivity index (χ4v) is 4.96. The molecule has 2 nitrogen and oxygen atoms in total. The average molecular weight is 416 g/mol. The number of para-hydroxylation sites is 1. The second-order valence-corrected chi connectivity index (χ2v) is 9.37. The fourth-order valence-electron chi connectivity index (χ4n) is 3.97. The summed E-state index contributed by atoms with van der Waals surface area (Å²) in [6.45, 7) is 4.49. The van der Waals surface area contributed by atoms with E-state index in [4.69, 9.17) is 4.74 Å². The molecule has 0 atom stereocenters. The lowest BCUT2D eigenvalue weighted by Gasteiger charge is -2.34. The third-order valence-electron chi connectivity index (χ3n) is 5.43. The van der Waals surface area contributed by atoms with Crippen LogP contribution in [0.5, 0.6) is 5.75 Å². The highest BCUT2D eigenvalue weighted by Gasteiger charge is 2.26. The average Bonchev–Trinajstić information content (AvgIpc) is 2.76. The minimum atomic E-state index is -0.0785. The molecule has 0 saturated heterocycles. The third kappa shape index (κ3) is 4.73. The van der Waals surface area contributed by atoms with E-state index < -0.39 is 0 Å². The fraction of sp³-hybridized carbons (Fsp3) is 0.259. The van der Waals surface area contributed by atoms with E-state index >= 15 is 0 Å². The molecule has 0 spiro atoms. The molecule has 154 valence electrons. The molecular weight excluding hydrogens is 386 g/mol. The van der Waals surface area contributed by atoms with Crippen molar-refractivity contribution in [3.63, 3.8) is 0 Å². The highest BCUT2D eigenvalue weighted by molar-refractivity contribution is 7.99. The van der Waals surface area contributed by atoms with E-state index in [1.54, 1.807) is 7.11 Å². The predicted molar refractivity (Wildman–Crippen MR) is 132 cm³/mol. The van der Waals surface area contributed by atoms with Crippen LogP contribution in [0.15, 0.2) is 78.9 Å². The van der Waals surface area contributed by atoms with Gasteiger partial charge >= 0.3 is 0 Å². The van der Waals surface area contributed by atoms with Crippen molar-refractivity contribution < 1.29 is 4.74 Å². The van der Waals surface area contributed by atoms with Crippen LogP contribution in [-0.2, 0) is 6.42 Å². The van der Waals surface area contributed by atoms with Crippen molar-refractivity contribution in [1.29, 1.82) is 0 Å². The summed E-state index contributed by atoms with van der Waals surface area (Å²) in [7, 11) is 1.70. The minimum absolute atomic E-state index is 0.0785. The minimum Gasteiger partial charge on any atom is -0.497 e. The van der Waals surface area contributed by atoms with Gasteiger partial charge in [-0.15, -0.1) is 0 Å².